The zero-order valence-corrected chi connectivity index (χ0v) is 14.2. The van der Waals surface area contributed by atoms with Gasteiger partial charge < -0.3 is 19.7 Å². The van der Waals surface area contributed by atoms with E-state index in [1.54, 1.807) is 7.11 Å². The molecule has 0 saturated carbocycles. The van der Waals surface area contributed by atoms with Crippen LogP contribution in [0.1, 0.15) is 30.5 Å². The lowest BCUT2D eigenvalue weighted by Crippen LogP contribution is -2.26. The number of methoxy groups -OCH3 is 1. The van der Waals surface area contributed by atoms with Gasteiger partial charge in [0.15, 0.2) is 0 Å². The third-order valence-electron chi connectivity index (χ3n) is 4.30. The number of imidazole rings is 1. The van der Waals surface area contributed by atoms with Crippen LogP contribution in [-0.2, 0) is 7.05 Å². The molecule has 1 aromatic heterocycles. The molecule has 0 spiro atoms. The van der Waals surface area contributed by atoms with Crippen LogP contribution < -0.4 is 10.1 Å². The Hall–Kier alpha value is -2.37. The van der Waals surface area contributed by atoms with E-state index in [1.807, 2.05) is 49.5 Å². The standard InChI is InChI=1S/C19H23N3O2/c1-13(19-21-16-9-4-5-10-17(16)22(19)2)20-12-18(23)14-7-6-8-15(11-14)24-3/h4-11,13,18,20,23H,12H2,1-3H3. The van der Waals surface area contributed by atoms with E-state index in [4.69, 9.17) is 4.74 Å². The van der Waals surface area contributed by atoms with Crippen molar-refractivity contribution >= 4 is 11.0 Å². The molecule has 0 saturated heterocycles. The average molecular weight is 325 g/mol. The van der Waals surface area contributed by atoms with Gasteiger partial charge in [0.25, 0.3) is 0 Å². The highest BCUT2D eigenvalue weighted by molar-refractivity contribution is 5.75. The summed E-state index contributed by atoms with van der Waals surface area (Å²) in [6.07, 6.45) is -0.600. The second kappa shape index (κ2) is 7.03. The molecule has 0 fully saturated rings. The minimum absolute atomic E-state index is 0.0302. The van der Waals surface area contributed by atoms with Crippen molar-refractivity contribution in [2.45, 2.75) is 19.1 Å². The van der Waals surface area contributed by atoms with Crippen molar-refractivity contribution in [3.05, 3.63) is 59.9 Å². The fourth-order valence-electron chi connectivity index (χ4n) is 2.90. The van der Waals surface area contributed by atoms with Crippen LogP contribution in [0.2, 0.25) is 0 Å². The van der Waals surface area contributed by atoms with Gasteiger partial charge in [0, 0.05) is 13.6 Å². The summed E-state index contributed by atoms with van der Waals surface area (Å²) in [4.78, 5) is 4.69. The van der Waals surface area contributed by atoms with Gasteiger partial charge in [-0.05, 0) is 36.8 Å². The van der Waals surface area contributed by atoms with Gasteiger partial charge in [0.05, 0.1) is 30.3 Å². The van der Waals surface area contributed by atoms with Crippen LogP contribution in [0, 0.1) is 0 Å². The van der Waals surface area contributed by atoms with Gasteiger partial charge in [-0.3, -0.25) is 0 Å². The van der Waals surface area contributed by atoms with Crippen LogP contribution in [0.3, 0.4) is 0 Å². The van der Waals surface area contributed by atoms with Crippen molar-refractivity contribution < 1.29 is 9.84 Å². The molecule has 5 nitrogen and oxygen atoms in total. The molecule has 5 heteroatoms. The summed E-state index contributed by atoms with van der Waals surface area (Å²) in [5.41, 5.74) is 2.92. The predicted molar refractivity (Wildman–Crippen MR) is 95.1 cm³/mol. The maximum absolute atomic E-state index is 10.4. The molecule has 3 rings (SSSR count). The van der Waals surface area contributed by atoms with E-state index in [1.165, 1.54) is 0 Å². The molecule has 2 N–H and O–H groups in total. The Morgan fingerprint density at radius 3 is 2.75 bits per heavy atom. The number of aromatic nitrogens is 2. The number of nitrogens with zero attached hydrogens (tertiary/aromatic N) is 2. The predicted octanol–water partition coefficient (Wildman–Crippen LogP) is 2.97. The number of para-hydroxylation sites is 2. The molecule has 0 aliphatic rings. The first kappa shape index (κ1) is 16.5. The topological polar surface area (TPSA) is 59.3 Å². The van der Waals surface area contributed by atoms with Crippen molar-refractivity contribution in [1.82, 2.24) is 14.9 Å². The normalized spacial score (nSPS) is 13.8. The summed E-state index contributed by atoms with van der Waals surface area (Å²) in [6.45, 7) is 2.50. The summed E-state index contributed by atoms with van der Waals surface area (Å²) in [7, 11) is 3.64. The summed E-state index contributed by atoms with van der Waals surface area (Å²) in [5.74, 6) is 1.70. The Morgan fingerprint density at radius 1 is 1.21 bits per heavy atom. The maximum Gasteiger partial charge on any atom is 0.126 e. The summed E-state index contributed by atoms with van der Waals surface area (Å²) in [6, 6.07) is 15.6. The van der Waals surface area contributed by atoms with Crippen LogP contribution >= 0.6 is 0 Å². The van der Waals surface area contributed by atoms with E-state index in [-0.39, 0.29) is 6.04 Å². The van der Waals surface area contributed by atoms with Crippen LogP contribution in [-0.4, -0.2) is 28.3 Å². The number of aliphatic hydroxyl groups is 1. The SMILES string of the molecule is COc1cccc(C(O)CNC(C)c2nc3ccccc3n2C)c1. The van der Waals surface area contributed by atoms with E-state index in [2.05, 4.69) is 27.9 Å². The number of hydrogen-bond donors (Lipinski definition) is 2. The summed E-state index contributed by atoms with van der Waals surface area (Å²) in [5, 5.41) is 13.8. The molecule has 0 amide bonds. The Balaban J connectivity index is 1.70. The molecule has 0 aliphatic carbocycles. The molecular weight excluding hydrogens is 302 g/mol. The first-order valence-electron chi connectivity index (χ1n) is 8.07. The van der Waals surface area contributed by atoms with E-state index in [9.17, 15) is 5.11 Å². The smallest absolute Gasteiger partial charge is 0.126 e. The molecule has 24 heavy (non-hydrogen) atoms. The number of benzene rings is 2. The molecule has 2 aromatic carbocycles. The van der Waals surface area contributed by atoms with Gasteiger partial charge in [0.1, 0.15) is 11.6 Å². The molecule has 2 atom stereocenters. The van der Waals surface area contributed by atoms with E-state index in [0.29, 0.717) is 6.54 Å². The van der Waals surface area contributed by atoms with Gasteiger partial charge >= 0.3 is 0 Å². The number of hydrogen-bond acceptors (Lipinski definition) is 4. The van der Waals surface area contributed by atoms with Gasteiger partial charge in [-0.2, -0.15) is 0 Å². The lowest BCUT2D eigenvalue weighted by Gasteiger charge is -2.17. The number of nitrogens with one attached hydrogen (secondary N) is 1. The second-order valence-corrected chi connectivity index (χ2v) is 5.94. The first-order chi connectivity index (χ1) is 11.6. The molecular formula is C19H23N3O2. The monoisotopic (exact) mass is 325 g/mol. The zero-order valence-electron chi connectivity index (χ0n) is 14.2. The molecule has 1 heterocycles. The van der Waals surface area contributed by atoms with E-state index in [0.717, 1.165) is 28.2 Å². The van der Waals surface area contributed by atoms with E-state index >= 15 is 0 Å². The van der Waals surface area contributed by atoms with Gasteiger partial charge in [0.2, 0.25) is 0 Å². The van der Waals surface area contributed by atoms with Crippen LogP contribution in [0.5, 0.6) is 5.75 Å². The summed E-state index contributed by atoms with van der Waals surface area (Å²) < 4.78 is 7.29. The minimum atomic E-state index is -0.600. The zero-order chi connectivity index (χ0) is 17.1. The Kier molecular flexibility index (Phi) is 4.83. The van der Waals surface area contributed by atoms with Crippen LogP contribution in [0.15, 0.2) is 48.5 Å². The highest BCUT2D eigenvalue weighted by Crippen LogP contribution is 2.21. The third kappa shape index (κ3) is 3.27. The van der Waals surface area contributed by atoms with E-state index < -0.39 is 6.10 Å². The fourth-order valence-corrected chi connectivity index (χ4v) is 2.90. The lowest BCUT2D eigenvalue weighted by atomic mass is 10.1. The van der Waals surface area contributed by atoms with Crippen molar-refractivity contribution in [1.29, 1.82) is 0 Å². The first-order valence-corrected chi connectivity index (χ1v) is 8.07. The van der Waals surface area contributed by atoms with Crippen LogP contribution in [0.4, 0.5) is 0 Å². The van der Waals surface area contributed by atoms with Crippen LogP contribution in [0.25, 0.3) is 11.0 Å². The largest absolute Gasteiger partial charge is 0.497 e. The lowest BCUT2D eigenvalue weighted by molar-refractivity contribution is 0.169. The third-order valence-corrected chi connectivity index (χ3v) is 4.30. The average Bonchev–Trinajstić information content (AvgIpc) is 2.96. The van der Waals surface area contributed by atoms with Gasteiger partial charge in [-0.25, -0.2) is 4.98 Å². The molecule has 0 aliphatic heterocycles. The Labute approximate surface area is 141 Å². The second-order valence-electron chi connectivity index (χ2n) is 5.94. The number of aliphatic hydroxyl groups excluding tert-OH is 1. The van der Waals surface area contributed by atoms with Crippen molar-refractivity contribution in [3.8, 4) is 5.75 Å². The molecule has 0 bridgehead atoms. The number of aryl methyl sites for hydroxylation is 1. The van der Waals surface area contributed by atoms with Crippen molar-refractivity contribution in [2.24, 2.45) is 7.05 Å². The Morgan fingerprint density at radius 2 is 2.00 bits per heavy atom. The van der Waals surface area contributed by atoms with Gasteiger partial charge in [-0.1, -0.05) is 24.3 Å². The van der Waals surface area contributed by atoms with Gasteiger partial charge in [-0.15, -0.1) is 0 Å². The maximum atomic E-state index is 10.4. The highest BCUT2D eigenvalue weighted by atomic mass is 16.5. The van der Waals surface area contributed by atoms with Crippen molar-refractivity contribution in [3.63, 3.8) is 0 Å². The number of fused-ring (bicyclic) bond motifs is 1. The van der Waals surface area contributed by atoms with Crippen molar-refractivity contribution in [2.75, 3.05) is 13.7 Å². The number of ether oxygens (including phenoxy) is 1. The minimum Gasteiger partial charge on any atom is -0.497 e. The Bertz CT molecular complexity index is 828. The fraction of sp³-hybridized carbons (Fsp3) is 0.316. The molecule has 0 radical (unpaired) electrons. The quantitative estimate of drug-likeness (QED) is 0.731. The highest BCUT2D eigenvalue weighted by Gasteiger charge is 2.16. The molecule has 2 unspecified atom stereocenters. The molecule has 3 aromatic rings. The molecule has 126 valence electrons. The number of rotatable bonds is 6. The summed E-state index contributed by atoms with van der Waals surface area (Å²) >= 11 is 0.